The van der Waals surface area contributed by atoms with Crippen molar-refractivity contribution in [3.05, 3.63) is 29.8 Å². The fourth-order valence-corrected chi connectivity index (χ4v) is 1.10. The second-order valence-corrected chi connectivity index (χ2v) is 3.38. The Morgan fingerprint density at radius 2 is 1.59 bits per heavy atom. The molecule has 17 heavy (non-hydrogen) atoms. The molecule has 1 aromatic carbocycles. The summed E-state index contributed by atoms with van der Waals surface area (Å²) in [5, 5.41) is 0. The molecule has 0 heterocycles. The van der Waals surface area contributed by atoms with Crippen molar-refractivity contribution in [2.45, 2.75) is 39.8 Å². The van der Waals surface area contributed by atoms with Crippen LogP contribution in [-0.4, -0.2) is 12.8 Å². The van der Waals surface area contributed by atoms with E-state index in [4.69, 9.17) is 4.74 Å². The Morgan fingerprint density at radius 3 is 2.06 bits per heavy atom. The van der Waals surface area contributed by atoms with E-state index >= 15 is 0 Å². The summed E-state index contributed by atoms with van der Waals surface area (Å²) in [5.74, 6) is 0.614. The first-order chi connectivity index (χ1) is 7.97. The van der Waals surface area contributed by atoms with E-state index in [-0.39, 0.29) is 13.0 Å². The Labute approximate surface area is 101 Å². The van der Waals surface area contributed by atoms with Gasteiger partial charge in [-0.15, -0.1) is 0 Å². The van der Waals surface area contributed by atoms with Crippen LogP contribution >= 0.6 is 0 Å². The van der Waals surface area contributed by atoms with Crippen molar-refractivity contribution in [1.29, 1.82) is 0 Å². The number of ether oxygens (including phenoxy) is 1. The van der Waals surface area contributed by atoms with Crippen LogP contribution in [0.25, 0.3) is 0 Å². The lowest BCUT2D eigenvalue weighted by Gasteiger charge is -2.08. The molecule has 0 saturated carbocycles. The fourth-order valence-electron chi connectivity index (χ4n) is 1.10. The van der Waals surface area contributed by atoms with Gasteiger partial charge < -0.3 is 4.74 Å². The average Bonchev–Trinajstić information content (AvgIpc) is 2.28. The highest BCUT2D eigenvalue weighted by Crippen LogP contribution is 2.21. The predicted octanol–water partition coefficient (Wildman–Crippen LogP) is 4.74. The number of hydrogen-bond donors (Lipinski definition) is 0. The molecule has 0 aliphatic carbocycles. The standard InChI is InChI=1S/C11H13F3O.C2H6/c1-9-3-5-10(6-4-9)15-8-2-7-11(12,13)14;1-2/h3-6H,2,7-8H2,1H3;1-2H3. The van der Waals surface area contributed by atoms with Crippen molar-refractivity contribution in [3.63, 3.8) is 0 Å². The molecule has 0 atom stereocenters. The number of halogens is 3. The maximum absolute atomic E-state index is 11.8. The van der Waals surface area contributed by atoms with Gasteiger partial charge in [-0.3, -0.25) is 0 Å². The molecule has 0 bridgehead atoms. The van der Waals surface area contributed by atoms with Crippen LogP contribution in [0.3, 0.4) is 0 Å². The van der Waals surface area contributed by atoms with Gasteiger partial charge in [0.1, 0.15) is 5.75 Å². The molecule has 98 valence electrons. The topological polar surface area (TPSA) is 9.23 Å². The molecule has 0 amide bonds. The van der Waals surface area contributed by atoms with Crippen LogP contribution in [0.4, 0.5) is 13.2 Å². The highest BCUT2D eigenvalue weighted by molar-refractivity contribution is 5.26. The van der Waals surface area contributed by atoms with E-state index in [1.54, 1.807) is 12.1 Å². The Morgan fingerprint density at radius 1 is 1.06 bits per heavy atom. The monoisotopic (exact) mass is 248 g/mol. The third kappa shape index (κ3) is 8.60. The summed E-state index contributed by atoms with van der Waals surface area (Å²) < 4.78 is 40.5. The molecular formula is C13H19F3O. The molecule has 1 aromatic rings. The molecule has 0 aliphatic rings. The molecule has 0 unspecified atom stereocenters. The van der Waals surface area contributed by atoms with Gasteiger partial charge in [-0.25, -0.2) is 0 Å². The van der Waals surface area contributed by atoms with E-state index in [9.17, 15) is 13.2 Å². The van der Waals surface area contributed by atoms with Crippen LogP contribution in [0.2, 0.25) is 0 Å². The Kier molecular flexibility index (Phi) is 7.42. The summed E-state index contributed by atoms with van der Waals surface area (Å²) in [4.78, 5) is 0. The van der Waals surface area contributed by atoms with E-state index < -0.39 is 12.6 Å². The highest BCUT2D eigenvalue weighted by atomic mass is 19.4. The molecule has 4 heteroatoms. The van der Waals surface area contributed by atoms with Crippen LogP contribution in [0.1, 0.15) is 32.3 Å². The number of benzene rings is 1. The molecular weight excluding hydrogens is 229 g/mol. The molecule has 1 nitrogen and oxygen atoms in total. The van der Waals surface area contributed by atoms with Gasteiger partial charge in [-0.1, -0.05) is 31.5 Å². The summed E-state index contributed by atoms with van der Waals surface area (Å²) in [6.07, 6.45) is -4.88. The first-order valence-electron chi connectivity index (χ1n) is 5.73. The lowest BCUT2D eigenvalue weighted by molar-refractivity contribution is -0.136. The Bertz CT molecular complexity index is 291. The average molecular weight is 248 g/mol. The summed E-state index contributed by atoms with van der Waals surface area (Å²) in [5.41, 5.74) is 1.10. The number of rotatable bonds is 4. The maximum Gasteiger partial charge on any atom is 0.389 e. The van der Waals surface area contributed by atoms with Gasteiger partial charge in [0.25, 0.3) is 0 Å². The van der Waals surface area contributed by atoms with Crippen molar-refractivity contribution < 1.29 is 17.9 Å². The van der Waals surface area contributed by atoms with E-state index in [0.717, 1.165) is 5.56 Å². The third-order valence-corrected chi connectivity index (χ3v) is 1.89. The Hall–Kier alpha value is -1.19. The zero-order valence-corrected chi connectivity index (χ0v) is 10.5. The number of aryl methyl sites for hydroxylation is 1. The second-order valence-electron chi connectivity index (χ2n) is 3.38. The summed E-state index contributed by atoms with van der Waals surface area (Å²) >= 11 is 0. The second kappa shape index (κ2) is 7.98. The van der Waals surface area contributed by atoms with Crippen LogP contribution < -0.4 is 4.74 Å². The van der Waals surface area contributed by atoms with E-state index in [1.807, 2.05) is 32.9 Å². The molecule has 0 saturated heterocycles. The first-order valence-corrected chi connectivity index (χ1v) is 5.73. The largest absolute Gasteiger partial charge is 0.494 e. The van der Waals surface area contributed by atoms with Crippen molar-refractivity contribution in [2.24, 2.45) is 0 Å². The molecule has 0 N–H and O–H groups in total. The maximum atomic E-state index is 11.8. The normalized spacial score (nSPS) is 10.5. The lowest BCUT2D eigenvalue weighted by Crippen LogP contribution is -2.09. The van der Waals surface area contributed by atoms with Gasteiger partial charge in [0.15, 0.2) is 0 Å². The van der Waals surface area contributed by atoms with Crippen LogP contribution in [0.5, 0.6) is 5.75 Å². The lowest BCUT2D eigenvalue weighted by atomic mass is 10.2. The van der Waals surface area contributed by atoms with Gasteiger partial charge in [0.2, 0.25) is 0 Å². The molecule has 0 aliphatic heterocycles. The van der Waals surface area contributed by atoms with Crippen LogP contribution in [0, 0.1) is 6.92 Å². The van der Waals surface area contributed by atoms with Gasteiger partial charge in [0, 0.05) is 6.42 Å². The Balaban J connectivity index is 0.00000121. The zero-order valence-electron chi connectivity index (χ0n) is 10.5. The summed E-state index contributed by atoms with van der Waals surface area (Å²) in [6, 6.07) is 7.23. The van der Waals surface area contributed by atoms with Crippen LogP contribution in [-0.2, 0) is 0 Å². The predicted molar refractivity (Wildman–Crippen MR) is 63.3 cm³/mol. The molecule has 0 radical (unpaired) electrons. The zero-order chi connectivity index (χ0) is 13.3. The van der Waals surface area contributed by atoms with Gasteiger partial charge in [0.05, 0.1) is 6.61 Å². The van der Waals surface area contributed by atoms with Crippen molar-refractivity contribution in [2.75, 3.05) is 6.61 Å². The van der Waals surface area contributed by atoms with Crippen LogP contribution in [0.15, 0.2) is 24.3 Å². The molecule has 0 spiro atoms. The minimum absolute atomic E-state index is 0.00260. The van der Waals surface area contributed by atoms with E-state index in [2.05, 4.69) is 0 Å². The van der Waals surface area contributed by atoms with E-state index in [1.165, 1.54) is 0 Å². The van der Waals surface area contributed by atoms with Crippen molar-refractivity contribution in [1.82, 2.24) is 0 Å². The SMILES string of the molecule is CC.Cc1ccc(OCCCC(F)(F)F)cc1. The summed E-state index contributed by atoms with van der Waals surface area (Å²) in [6.45, 7) is 6.04. The quantitative estimate of drug-likeness (QED) is 0.699. The third-order valence-electron chi connectivity index (χ3n) is 1.89. The fraction of sp³-hybridized carbons (Fsp3) is 0.538. The molecule has 0 fully saturated rings. The van der Waals surface area contributed by atoms with Gasteiger partial charge >= 0.3 is 6.18 Å². The first kappa shape index (κ1) is 15.8. The smallest absolute Gasteiger partial charge is 0.389 e. The molecule has 1 rings (SSSR count). The number of alkyl halides is 3. The van der Waals surface area contributed by atoms with Gasteiger partial charge in [-0.05, 0) is 25.5 Å². The van der Waals surface area contributed by atoms with Crippen molar-refractivity contribution in [3.8, 4) is 5.75 Å². The minimum Gasteiger partial charge on any atom is -0.494 e. The van der Waals surface area contributed by atoms with Gasteiger partial charge in [-0.2, -0.15) is 13.2 Å². The minimum atomic E-state index is -4.09. The molecule has 0 aromatic heterocycles. The number of hydrogen-bond acceptors (Lipinski definition) is 1. The highest BCUT2D eigenvalue weighted by Gasteiger charge is 2.25. The van der Waals surface area contributed by atoms with Crippen molar-refractivity contribution >= 4 is 0 Å². The summed E-state index contributed by atoms with van der Waals surface area (Å²) in [7, 11) is 0. The van der Waals surface area contributed by atoms with E-state index in [0.29, 0.717) is 5.75 Å².